The van der Waals surface area contributed by atoms with Gasteiger partial charge in [-0.3, -0.25) is 10.0 Å². The molecule has 3 amide bonds. The fourth-order valence-corrected chi connectivity index (χ4v) is 4.45. The molecule has 0 aliphatic carbocycles. The summed E-state index contributed by atoms with van der Waals surface area (Å²) in [5, 5.41) is 14.9. The van der Waals surface area contributed by atoms with Gasteiger partial charge < -0.3 is 10.2 Å². The fraction of sp³-hybridized carbons (Fsp3) is 0.474. The van der Waals surface area contributed by atoms with Crippen LogP contribution in [0.2, 0.25) is 0 Å². The molecule has 1 saturated heterocycles. The lowest BCUT2D eigenvalue weighted by Crippen LogP contribution is -2.44. The van der Waals surface area contributed by atoms with Crippen LogP contribution in [0, 0.1) is 5.92 Å². The Morgan fingerprint density at radius 2 is 2.00 bits per heavy atom. The first kappa shape index (κ1) is 18.7. The molecular weight excluding hydrogens is 350 g/mol. The molecule has 1 aromatic heterocycles. The molecule has 0 atom stereocenters. The van der Waals surface area contributed by atoms with Gasteiger partial charge in [-0.25, -0.2) is 10.3 Å². The van der Waals surface area contributed by atoms with E-state index in [4.69, 9.17) is 5.21 Å². The highest BCUT2D eigenvalue weighted by molar-refractivity contribution is 7.17. The van der Waals surface area contributed by atoms with E-state index >= 15 is 0 Å². The number of nitrogens with one attached hydrogen (secondary N) is 2. The lowest BCUT2D eigenvalue weighted by molar-refractivity contribution is -0.129. The highest BCUT2D eigenvalue weighted by Gasteiger charge is 2.22. The van der Waals surface area contributed by atoms with Gasteiger partial charge in [0.25, 0.3) is 0 Å². The van der Waals surface area contributed by atoms with Crippen molar-refractivity contribution in [2.24, 2.45) is 5.92 Å². The largest absolute Gasteiger partial charge is 0.334 e. The van der Waals surface area contributed by atoms with Crippen LogP contribution >= 0.6 is 11.3 Å². The number of hydrogen-bond donors (Lipinski definition) is 3. The zero-order valence-corrected chi connectivity index (χ0v) is 15.6. The average molecular weight is 375 g/mol. The number of likely N-dealkylation sites (tertiary alicyclic amines) is 1. The minimum absolute atomic E-state index is 0.00149. The van der Waals surface area contributed by atoms with Gasteiger partial charge in [-0.15, -0.1) is 11.3 Å². The number of carbonyl (C=O) groups is 2. The van der Waals surface area contributed by atoms with Crippen molar-refractivity contribution in [2.75, 3.05) is 13.1 Å². The van der Waals surface area contributed by atoms with Crippen LogP contribution in [0.15, 0.2) is 29.6 Å². The van der Waals surface area contributed by atoms with Crippen LogP contribution in [0.4, 0.5) is 4.79 Å². The number of fused-ring (bicyclic) bond motifs is 1. The Bertz CT molecular complexity index is 753. The third kappa shape index (κ3) is 4.74. The van der Waals surface area contributed by atoms with Crippen molar-refractivity contribution in [2.45, 2.75) is 38.6 Å². The number of hydroxylamine groups is 1. The molecule has 0 unspecified atom stereocenters. The summed E-state index contributed by atoms with van der Waals surface area (Å²) in [6.07, 6.45) is 4.02. The van der Waals surface area contributed by atoms with Gasteiger partial charge in [0.15, 0.2) is 0 Å². The zero-order valence-electron chi connectivity index (χ0n) is 14.7. The Hall–Kier alpha value is -2.12. The lowest BCUT2D eigenvalue weighted by atomic mass is 9.91. The van der Waals surface area contributed by atoms with Gasteiger partial charge in [-0.2, -0.15) is 0 Å². The standard InChI is InChI=1S/C19H25N3O3S/c23-18(21-25)7-3-4-14-8-10-22(11-9-14)19(24)20-12-15-13-26-17-6-2-1-5-16(15)17/h1-2,5-6,13-14,25H,3-4,7-12H2,(H,20,24)(H,21,23). The fourth-order valence-electron chi connectivity index (χ4n) is 3.48. The van der Waals surface area contributed by atoms with Gasteiger partial charge in [-0.05, 0) is 54.0 Å². The average Bonchev–Trinajstić information content (AvgIpc) is 3.09. The molecule has 6 nitrogen and oxygen atoms in total. The Kier molecular flexibility index (Phi) is 6.46. The predicted molar refractivity (Wildman–Crippen MR) is 102 cm³/mol. The molecule has 0 radical (unpaired) electrons. The summed E-state index contributed by atoms with van der Waals surface area (Å²) in [5.41, 5.74) is 2.82. The molecule has 3 N–H and O–H groups in total. The summed E-state index contributed by atoms with van der Waals surface area (Å²) in [4.78, 5) is 25.3. The van der Waals surface area contributed by atoms with Gasteiger partial charge >= 0.3 is 6.03 Å². The third-order valence-corrected chi connectivity index (χ3v) is 6.05. The van der Waals surface area contributed by atoms with Crippen LogP contribution in [-0.4, -0.2) is 35.1 Å². The quantitative estimate of drug-likeness (QED) is 0.534. The Morgan fingerprint density at radius 1 is 1.23 bits per heavy atom. The maximum absolute atomic E-state index is 12.4. The number of urea groups is 1. The van der Waals surface area contributed by atoms with Crippen LogP contribution in [0.25, 0.3) is 10.1 Å². The van der Waals surface area contributed by atoms with E-state index in [9.17, 15) is 9.59 Å². The first-order valence-electron chi connectivity index (χ1n) is 9.08. The van der Waals surface area contributed by atoms with Crippen molar-refractivity contribution in [1.29, 1.82) is 0 Å². The van der Waals surface area contributed by atoms with E-state index in [0.29, 0.717) is 18.9 Å². The highest BCUT2D eigenvalue weighted by Crippen LogP contribution is 2.26. The van der Waals surface area contributed by atoms with E-state index in [-0.39, 0.29) is 11.9 Å². The highest BCUT2D eigenvalue weighted by atomic mass is 32.1. The van der Waals surface area contributed by atoms with E-state index in [1.165, 1.54) is 10.1 Å². The first-order chi connectivity index (χ1) is 12.7. The van der Waals surface area contributed by atoms with Crippen molar-refractivity contribution in [3.63, 3.8) is 0 Å². The Labute approximate surface area is 157 Å². The predicted octanol–water partition coefficient (Wildman–Crippen LogP) is 3.50. The number of benzene rings is 1. The van der Waals surface area contributed by atoms with Crippen molar-refractivity contribution in [3.05, 3.63) is 35.2 Å². The monoisotopic (exact) mass is 375 g/mol. The van der Waals surface area contributed by atoms with E-state index in [1.54, 1.807) is 16.8 Å². The molecule has 7 heteroatoms. The number of hydrogen-bond acceptors (Lipinski definition) is 4. The molecular formula is C19H25N3O3S. The molecule has 0 spiro atoms. The van der Waals surface area contributed by atoms with Gasteiger partial charge in [0.1, 0.15) is 0 Å². The lowest BCUT2D eigenvalue weighted by Gasteiger charge is -2.32. The van der Waals surface area contributed by atoms with Gasteiger partial charge in [0, 0.05) is 30.8 Å². The van der Waals surface area contributed by atoms with Crippen molar-refractivity contribution >= 4 is 33.4 Å². The zero-order chi connectivity index (χ0) is 18.4. The second-order valence-corrected chi connectivity index (χ2v) is 7.68. The van der Waals surface area contributed by atoms with Crippen LogP contribution in [0.5, 0.6) is 0 Å². The molecule has 1 aliphatic heterocycles. The van der Waals surface area contributed by atoms with Crippen LogP contribution in [-0.2, 0) is 11.3 Å². The minimum Gasteiger partial charge on any atom is -0.334 e. The molecule has 0 bridgehead atoms. The van der Waals surface area contributed by atoms with Crippen molar-refractivity contribution in [3.8, 4) is 0 Å². The van der Waals surface area contributed by atoms with Gasteiger partial charge in [-0.1, -0.05) is 18.2 Å². The SMILES string of the molecule is O=C(CCCC1CCN(C(=O)NCc2csc3ccccc23)CC1)NO. The molecule has 0 saturated carbocycles. The summed E-state index contributed by atoms with van der Waals surface area (Å²) in [5.74, 6) is 0.217. The van der Waals surface area contributed by atoms with Crippen molar-refractivity contribution < 1.29 is 14.8 Å². The first-order valence-corrected chi connectivity index (χ1v) is 9.96. The van der Waals surface area contributed by atoms with E-state index < -0.39 is 0 Å². The number of nitrogens with zero attached hydrogens (tertiary/aromatic N) is 1. The smallest absolute Gasteiger partial charge is 0.317 e. The van der Waals surface area contributed by atoms with E-state index in [0.717, 1.165) is 44.3 Å². The Balaban J connectivity index is 1.40. The number of thiophene rings is 1. The van der Waals surface area contributed by atoms with E-state index in [2.05, 4.69) is 22.8 Å². The van der Waals surface area contributed by atoms with Crippen LogP contribution < -0.4 is 10.8 Å². The number of amides is 3. The summed E-state index contributed by atoms with van der Waals surface area (Å²) < 4.78 is 1.24. The van der Waals surface area contributed by atoms with E-state index in [1.807, 2.05) is 17.0 Å². The third-order valence-electron chi connectivity index (χ3n) is 5.03. The van der Waals surface area contributed by atoms with Crippen molar-refractivity contribution in [1.82, 2.24) is 15.7 Å². The topological polar surface area (TPSA) is 81.7 Å². The summed E-state index contributed by atoms with van der Waals surface area (Å²) >= 11 is 1.70. The molecule has 2 heterocycles. The second-order valence-electron chi connectivity index (χ2n) is 6.77. The molecule has 1 aromatic carbocycles. The van der Waals surface area contributed by atoms with Gasteiger partial charge in [0.2, 0.25) is 5.91 Å². The maximum Gasteiger partial charge on any atom is 0.317 e. The van der Waals surface area contributed by atoms with Crippen LogP contribution in [0.1, 0.15) is 37.7 Å². The number of carbonyl (C=O) groups excluding carboxylic acids is 2. The second kappa shape index (κ2) is 9.00. The number of rotatable bonds is 6. The molecule has 3 rings (SSSR count). The number of piperidine rings is 1. The molecule has 140 valence electrons. The Morgan fingerprint density at radius 3 is 2.77 bits per heavy atom. The maximum atomic E-state index is 12.4. The van der Waals surface area contributed by atoms with Gasteiger partial charge in [0.05, 0.1) is 0 Å². The summed E-state index contributed by atoms with van der Waals surface area (Å²) in [6.45, 7) is 2.07. The summed E-state index contributed by atoms with van der Waals surface area (Å²) in [7, 11) is 0. The van der Waals surface area contributed by atoms with Crippen LogP contribution in [0.3, 0.4) is 0 Å². The normalized spacial score (nSPS) is 15.2. The molecule has 1 aliphatic rings. The summed E-state index contributed by atoms with van der Waals surface area (Å²) in [6, 6.07) is 8.24. The molecule has 26 heavy (non-hydrogen) atoms. The minimum atomic E-state index is -0.331. The molecule has 1 fully saturated rings. The molecule has 2 aromatic rings.